The molecule has 35 heavy (non-hydrogen) atoms. The lowest BCUT2D eigenvalue weighted by Crippen LogP contribution is -2.35. The molecule has 2 aromatic heterocycles. The van der Waals surface area contributed by atoms with Crippen LogP contribution in [0.4, 0.5) is 0 Å². The molecule has 3 heterocycles. The van der Waals surface area contributed by atoms with Crippen LogP contribution in [0, 0.1) is 5.41 Å². The molecule has 0 amide bonds. The summed E-state index contributed by atoms with van der Waals surface area (Å²) in [6.45, 7) is 9.38. The second-order valence-corrected chi connectivity index (χ2v) is 10.5. The van der Waals surface area contributed by atoms with Crippen LogP contribution in [0.2, 0.25) is 0 Å². The molecule has 184 valence electrons. The molecule has 0 bridgehead atoms. The molecule has 0 saturated heterocycles. The molecule has 1 aliphatic heterocycles. The summed E-state index contributed by atoms with van der Waals surface area (Å²) in [5.41, 5.74) is 1.60. The van der Waals surface area contributed by atoms with Crippen LogP contribution < -0.4 is 10.2 Å². The van der Waals surface area contributed by atoms with Crippen LogP contribution in [0.3, 0.4) is 0 Å². The number of nitrogens with zero attached hydrogens (tertiary/aromatic N) is 3. The molecule has 1 aromatic carbocycles. The minimum absolute atomic E-state index is 0.0985. The van der Waals surface area contributed by atoms with Crippen molar-refractivity contribution in [1.29, 1.82) is 0 Å². The predicted molar refractivity (Wildman–Crippen MR) is 130 cm³/mol. The fourth-order valence-corrected chi connectivity index (χ4v) is 4.51. The maximum atomic E-state index is 12.6. The van der Waals surface area contributed by atoms with Crippen molar-refractivity contribution in [3.63, 3.8) is 0 Å². The van der Waals surface area contributed by atoms with Crippen molar-refractivity contribution >= 4 is 11.9 Å². The number of carboxylic acid groups (broad SMARTS) is 2. The van der Waals surface area contributed by atoms with Crippen LogP contribution >= 0.6 is 0 Å². The molecule has 4 rings (SSSR count). The number of aromatic nitrogens is 3. The average Bonchev–Trinajstić information content (AvgIpc) is 3.27. The number of benzene rings is 1. The first-order chi connectivity index (χ1) is 16.3. The zero-order chi connectivity index (χ0) is 25.9. The Morgan fingerprint density at radius 2 is 1.74 bits per heavy atom. The third-order valence-corrected chi connectivity index (χ3v) is 6.75. The highest BCUT2D eigenvalue weighted by Crippen LogP contribution is 2.45. The van der Waals surface area contributed by atoms with Crippen molar-refractivity contribution < 1.29 is 24.5 Å². The Bertz CT molecular complexity index is 1410. The van der Waals surface area contributed by atoms with Gasteiger partial charge in [0.25, 0.3) is 0 Å². The van der Waals surface area contributed by atoms with E-state index in [0.717, 1.165) is 16.7 Å². The van der Waals surface area contributed by atoms with Crippen molar-refractivity contribution in [2.45, 2.75) is 52.6 Å². The highest BCUT2D eigenvalue weighted by molar-refractivity contribution is 5.88. The van der Waals surface area contributed by atoms with Gasteiger partial charge in [-0.25, -0.2) is 9.59 Å². The molecule has 3 aromatic rings. The largest absolute Gasteiger partial charge is 0.496 e. The molecule has 0 radical (unpaired) electrons. The minimum Gasteiger partial charge on any atom is -0.496 e. The lowest BCUT2D eigenvalue weighted by Gasteiger charge is -2.39. The zero-order valence-corrected chi connectivity index (χ0v) is 20.6. The number of carboxylic acids is 2. The summed E-state index contributed by atoms with van der Waals surface area (Å²) in [7, 11) is 1.54. The second-order valence-electron chi connectivity index (χ2n) is 10.5. The maximum Gasteiger partial charge on any atom is 0.341 e. The molecule has 0 aliphatic carbocycles. The van der Waals surface area contributed by atoms with Crippen LogP contribution in [-0.4, -0.2) is 43.6 Å². The van der Waals surface area contributed by atoms with Crippen molar-refractivity contribution in [2.75, 3.05) is 7.11 Å². The Morgan fingerprint density at radius 3 is 2.31 bits per heavy atom. The van der Waals surface area contributed by atoms with Crippen LogP contribution in [0.25, 0.3) is 22.4 Å². The van der Waals surface area contributed by atoms with Crippen LogP contribution in [0.5, 0.6) is 5.75 Å². The fourth-order valence-electron chi connectivity index (χ4n) is 4.51. The Balaban J connectivity index is 1.93. The second kappa shape index (κ2) is 8.11. The topological polar surface area (TPSA) is 124 Å². The molecule has 9 heteroatoms. The van der Waals surface area contributed by atoms with Crippen LogP contribution in [0.15, 0.2) is 41.6 Å². The summed E-state index contributed by atoms with van der Waals surface area (Å²) in [6, 6.07) is 5.11. The monoisotopic (exact) mass is 479 g/mol. The Hall–Kier alpha value is -3.88. The molecule has 0 fully saturated rings. The molecular formula is C26H29N3O6. The van der Waals surface area contributed by atoms with Gasteiger partial charge in [-0.15, -0.1) is 0 Å². The molecular weight excluding hydrogens is 450 g/mol. The summed E-state index contributed by atoms with van der Waals surface area (Å²) in [5, 5.41) is 23.3. The molecule has 0 saturated carbocycles. The van der Waals surface area contributed by atoms with Crippen molar-refractivity contribution in [1.82, 2.24) is 14.3 Å². The molecule has 1 atom stereocenters. The number of ether oxygens (including phenoxy) is 1. The summed E-state index contributed by atoms with van der Waals surface area (Å²) < 4.78 is 8.97. The van der Waals surface area contributed by atoms with Crippen molar-refractivity contribution in [3.05, 3.63) is 58.1 Å². The van der Waals surface area contributed by atoms with Gasteiger partial charge in [0, 0.05) is 41.2 Å². The van der Waals surface area contributed by atoms with Crippen molar-refractivity contribution in [2.24, 2.45) is 5.41 Å². The van der Waals surface area contributed by atoms with Gasteiger partial charge in [-0.05, 0) is 43.4 Å². The highest BCUT2D eigenvalue weighted by Gasteiger charge is 2.35. The molecule has 0 spiro atoms. The first-order valence-electron chi connectivity index (χ1n) is 11.3. The van der Waals surface area contributed by atoms with E-state index in [0.29, 0.717) is 23.4 Å². The third kappa shape index (κ3) is 4.00. The van der Waals surface area contributed by atoms with E-state index in [4.69, 9.17) is 4.74 Å². The number of pyridine rings is 1. The average molecular weight is 480 g/mol. The van der Waals surface area contributed by atoms with Gasteiger partial charge >= 0.3 is 11.9 Å². The quantitative estimate of drug-likeness (QED) is 0.566. The lowest BCUT2D eigenvalue weighted by molar-refractivity contribution is -0.146. The maximum absolute atomic E-state index is 12.6. The van der Waals surface area contributed by atoms with Crippen LogP contribution in [0.1, 0.15) is 56.6 Å². The number of rotatable bonds is 5. The number of aromatic carboxylic acids is 1. The molecule has 1 aliphatic rings. The smallest absolute Gasteiger partial charge is 0.341 e. The van der Waals surface area contributed by atoms with Gasteiger partial charge < -0.3 is 19.5 Å². The SMILES string of the molecule is COc1cc2c(cc1-c1cnn(C(C)(C)C(=O)O)c1)CC(C(C)(C)C)n1cc(C(=O)O)c(=O)cc1-2. The van der Waals surface area contributed by atoms with Gasteiger partial charge in [0.15, 0.2) is 11.0 Å². The zero-order valence-electron chi connectivity index (χ0n) is 20.6. The summed E-state index contributed by atoms with van der Waals surface area (Å²) in [4.78, 5) is 35.9. The van der Waals surface area contributed by atoms with Gasteiger partial charge in [-0.3, -0.25) is 9.48 Å². The van der Waals surface area contributed by atoms with Gasteiger partial charge in [-0.1, -0.05) is 20.8 Å². The molecule has 9 nitrogen and oxygen atoms in total. The number of hydrogen-bond acceptors (Lipinski definition) is 5. The van der Waals surface area contributed by atoms with E-state index in [1.54, 1.807) is 26.2 Å². The van der Waals surface area contributed by atoms with Crippen LogP contribution in [-0.2, 0) is 16.8 Å². The summed E-state index contributed by atoms with van der Waals surface area (Å²) in [6.07, 6.45) is 5.34. The standard InChI is InChI=1S/C26H29N3O6/c1-25(2,3)22-8-14-7-17(15-11-27-29(12-15)26(4,5)24(33)34)21(35-6)9-16(14)19-10-20(30)18(23(31)32)13-28(19)22/h7,9-13,22H,8H2,1-6H3,(H,31,32)(H,33,34). The Kier molecular flexibility index (Phi) is 5.62. The van der Waals surface area contributed by atoms with E-state index in [9.17, 15) is 24.6 Å². The first-order valence-corrected chi connectivity index (χ1v) is 11.3. The van der Waals surface area contributed by atoms with E-state index in [-0.39, 0.29) is 17.0 Å². The fraction of sp³-hybridized carbons (Fsp3) is 0.385. The number of aliphatic carboxylic acids is 1. The van der Waals surface area contributed by atoms with Gasteiger partial charge in [-0.2, -0.15) is 5.10 Å². The predicted octanol–water partition coefficient (Wildman–Crippen LogP) is 4.05. The lowest BCUT2D eigenvalue weighted by atomic mass is 9.78. The van der Waals surface area contributed by atoms with Gasteiger partial charge in [0.2, 0.25) is 0 Å². The Morgan fingerprint density at radius 1 is 1.06 bits per heavy atom. The molecule has 1 unspecified atom stereocenters. The third-order valence-electron chi connectivity index (χ3n) is 6.75. The molecule has 2 N–H and O–H groups in total. The van der Waals surface area contributed by atoms with E-state index < -0.39 is 22.9 Å². The Labute approximate surface area is 202 Å². The number of hydrogen-bond donors (Lipinski definition) is 2. The first kappa shape index (κ1) is 24.3. The summed E-state index contributed by atoms with van der Waals surface area (Å²) >= 11 is 0. The normalized spacial score (nSPS) is 15.3. The van der Waals surface area contributed by atoms with E-state index in [1.807, 2.05) is 16.7 Å². The van der Waals surface area contributed by atoms with E-state index in [1.165, 1.54) is 24.1 Å². The van der Waals surface area contributed by atoms with E-state index in [2.05, 4.69) is 25.9 Å². The van der Waals surface area contributed by atoms with Gasteiger partial charge in [0.1, 0.15) is 11.3 Å². The number of fused-ring (bicyclic) bond motifs is 3. The summed E-state index contributed by atoms with van der Waals surface area (Å²) in [5.74, 6) is -1.72. The highest BCUT2D eigenvalue weighted by atomic mass is 16.5. The van der Waals surface area contributed by atoms with Crippen molar-refractivity contribution in [3.8, 4) is 28.1 Å². The number of carbonyl (C=O) groups is 2. The van der Waals surface area contributed by atoms with Gasteiger partial charge in [0.05, 0.1) is 19.0 Å². The van der Waals surface area contributed by atoms with E-state index >= 15 is 0 Å². The minimum atomic E-state index is -1.25. The number of methoxy groups -OCH3 is 1.